The van der Waals surface area contributed by atoms with Gasteiger partial charge in [-0.05, 0) is 81.1 Å². The molecule has 0 radical (unpaired) electrons. The van der Waals surface area contributed by atoms with E-state index < -0.39 is 0 Å². The van der Waals surface area contributed by atoms with Gasteiger partial charge in [-0.15, -0.1) is 24.0 Å². The molecule has 0 atom stereocenters. The third-order valence-corrected chi connectivity index (χ3v) is 7.33. The summed E-state index contributed by atoms with van der Waals surface area (Å²) in [5.41, 5.74) is 1.73. The molecule has 2 N–H and O–H groups in total. The summed E-state index contributed by atoms with van der Waals surface area (Å²) in [6, 6.07) is 8.45. The number of hydrogen-bond donors (Lipinski definition) is 2. The number of guanidine groups is 1. The Bertz CT molecular complexity index is 684. The van der Waals surface area contributed by atoms with Crippen molar-refractivity contribution in [2.24, 2.45) is 16.3 Å². The molecule has 0 spiro atoms. The second-order valence-electron chi connectivity index (χ2n) is 9.53. The van der Waals surface area contributed by atoms with Crippen molar-refractivity contribution in [1.29, 1.82) is 0 Å². The van der Waals surface area contributed by atoms with Crippen molar-refractivity contribution in [3.63, 3.8) is 0 Å². The highest BCUT2D eigenvalue weighted by Gasteiger charge is 2.33. The van der Waals surface area contributed by atoms with Gasteiger partial charge < -0.3 is 20.1 Å². The van der Waals surface area contributed by atoms with Crippen LogP contribution in [0.4, 0.5) is 0 Å². The zero-order valence-corrected chi connectivity index (χ0v) is 23.2. The molecule has 2 fully saturated rings. The number of halogens is 1. The van der Waals surface area contributed by atoms with Crippen molar-refractivity contribution in [2.45, 2.75) is 58.4 Å². The Morgan fingerprint density at radius 2 is 1.82 bits per heavy atom. The number of piperidine rings is 1. The van der Waals surface area contributed by atoms with E-state index in [1.807, 2.05) is 7.05 Å². The summed E-state index contributed by atoms with van der Waals surface area (Å²) in [6.45, 7) is 9.11. The minimum absolute atomic E-state index is 0. The molecule has 1 aromatic rings. The van der Waals surface area contributed by atoms with Gasteiger partial charge in [0.2, 0.25) is 0 Å². The maximum atomic E-state index is 5.65. The number of aliphatic imine (C=N–C) groups is 1. The van der Waals surface area contributed by atoms with Gasteiger partial charge in [-0.3, -0.25) is 9.89 Å². The number of ether oxygens (including phenoxy) is 2. The van der Waals surface area contributed by atoms with Crippen LogP contribution in [0.2, 0.25) is 0 Å². The van der Waals surface area contributed by atoms with E-state index in [1.54, 1.807) is 7.11 Å². The monoisotopic (exact) mass is 572 g/mol. The average Bonchev–Trinajstić information content (AvgIpc) is 3.30. The molecule has 1 saturated heterocycles. The third-order valence-electron chi connectivity index (χ3n) is 7.33. The number of benzene rings is 1. The molecule has 0 aromatic heterocycles. The minimum atomic E-state index is 0. The van der Waals surface area contributed by atoms with Crippen LogP contribution in [0.25, 0.3) is 0 Å². The van der Waals surface area contributed by atoms with E-state index in [4.69, 9.17) is 9.47 Å². The summed E-state index contributed by atoms with van der Waals surface area (Å²) in [5, 5.41) is 7.23. The first-order chi connectivity index (χ1) is 15.7. The van der Waals surface area contributed by atoms with Crippen LogP contribution in [0.1, 0.15) is 57.4 Å². The Morgan fingerprint density at radius 3 is 2.42 bits per heavy atom. The Kier molecular flexibility index (Phi) is 12.8. The van der Waals surface area contributed by atoms with Gasteiger partial charge in [0.25, 0.3) is 0 Å². The molecule has 0 amide bonds. The maximum Gasteiger partial charge on any atom is 0.191 e. The standard InChI is InChI=1S/C26H44N4O2.HI/c1-4-32-18-15-26(13-5-6-14-26)21-29-25(27-2)28-19-22-11-16-30(17-12-22)20-23-7-9-24(31-3)10-8-23;/h7-10,22H,4-6,11-21H2,1-3H3,(H2,27,28,29);1H. The van der Waals surface area contributed by atoms with Gasteiger partial charge >= 0.3 is 0 Å². The third kappa shape index (κ3) is 9.25. The van der Waals surface area contributed by atoms with Crippen LogP contribution in [0.5, 0.6) is 5.75 Å². The molecule has 3 rings (SSSR count). The van der Waals surface area contributed by atoms with E-state index in [9.17, 15) is 0 Å². The summed E-state index contributed by atoms with van der Waals surface area (Å²) in [4.78, 5) is 7.05. The van der Waals surface area contributed by atoms with Crippen LogP contribution in [-0.4, -0.2) is 64.4 Å². The highest BCUT2D eigenvalue weighted by Crippen LogP contribution is 2.40. The van der Waals surface area contributed by atoms with Crippen LogP contribution in [0.3, 0.4) is 0 Å². The molecule has 0 bridgehead atoms. The van der Waals surface area contributed by atoms with Crippen LogP contribution in [0, 0.1) is 11.3 Å². The zero-order valence-electron chi connectivity index (χ0n) is 20.9. The molecule has 33 heavy (non-hydrogen) atoms. The molecule has 188 valence electrons. The molecule has 0 unspecified atom stereocenters. The van der Waals surface area contributed by atoms with Crippen molar-refractivity contribution < 1.29 is 9.47 Å². The number of likely N-dealkylation sites (tertiary alicyclic amines) is 1. The molecule has 1 aliphatic heterocycles. The SMILES string of the molecule is CCOCCC1(CNC(=NC)NCC2CCN(Cc3ccc(OC)cc3)CC2)CCCC1.I. The van der Waals surface area contributed by atoms with E-state index in [0.29, 0.717) is 11.3 Å². The Hall–Kier alpha value is -1.06. The van der Waals surface area contributed by atoms with Gasteiger partial charge in [0.15, 0.2) is 5.96 Å². The Morgan fingerprint density at radius 1 is 1.12 bits per heavy atom. The average molecular weight is 573 g/mol. The van der Waals surface area contributed by atoms with Crippen LogP contribution in [-0.2, 0) is 11.3 Å². The smallest absolute Gasteiger partial charge is 0.191 e. The first-order valence-corrected chi connectivity index (χ1v) is 12.5. The van der Waals surface area contributed by atoms with Crippen molar-refractivity contribution in [3.05, 3.63) is 29.8 Å². The van der Waals surface area contributed by atoms with Crippen LogP contribution >= 0.6 is 24.0 Å². The topological polar surface area (TPSA) is 58.1 Å². The number of rotatable bonds is 11. The molecule has 7 heteroatoms. The molecular formula is C26H45IN4O2. The second-order valence-corrected chi connectivity index (χ2v) is 9.53. The summed E-state index contributed by atoms with van der Waals surface area (Å²) in [7, 11) is 3.60. The van der Waals surface area contributed by atoms with E-state index in [2.05, 4.69) is 51.7 Å². The largest absolute Gasteiger partial charge is 0.497 e. The fraction of sp³-hybridized carbons (Fsp3) is 0.731. The minimum Gasteiger partial charge on any atom is -0.497 e. The number of nitrogens with one attached hydrogen (secondary N) is 2. The van der Waals surface area contributed by atoms with E-state index in [-0.39, 0.29) is 24.0 Å². The summed E-state index contributed by atoms with van der Waals surface area (Å²) < 4.78 is 10.9. The first kappa shape index (κ1) is 28.2. The molecule has 1 heterocycles. The quantitative estimate of drug-likeness (QED) is 0.175. The normalized spacial score (nSPS) is 19.2. The number of methoxy groups -OCH3 is 1. The van der Waals surface area contributed by atoms with Crippen molar-refractivity contribution in [1.82, 2.24) is 15.5 Å². The summed E-state index contributed by atoms with van der Waals surface area (Å²) >= 11 is 0. The lowest BCUT2D eigenvalue weighted by atomic mass is 9.83. The van der Waals surface area contributed by atoms with Gasteiger partial charge in [0, 0.05) is 39.9 Å². The molecule has 2 aliphatic rings. The van der Waals surface area contributed by atoms with Crippen molar-refractivity contribution >= 4 is 29.9 Å². The van der Waals surface area contributed by atoms with E-state index in [1.165, 1.54) is 44.1 Å². The number of nitrogens with zero attached hydrogens (tertiary/aromatic N) is 2. The van der Waals surface area contributed by atoms with Gasteiger partial charge in [0.05, 0.1) is 7.11 Å². The van der Waals surface area contributed by atoms with Crippen LogP contribution in [0.15, 0.2) is 29.3 Å². The van der Waals surface area contributed by atoms with Gasteiger partial charge in [0.1, 0.15) is 5.75 Å². The Balaban J connectivity index is 0.00000385. The van der Waals surface area contributed by atoms with Crippen molar-refractivity contribution in [2.75, 3.05) is 53.6 Å². The van der Waals surface area contributed by atoms with Gasteiger partial charge in [-0.1, -0.05) is 25.0 Å². The molecule has 1 aromatic carbocycles. The van der Waals surface area contributed by atoms with Gasteiger partial charge in [-0.25, -0.2) is 0 Å². The summed E-state index contributed by atoms with van der Waals surface area (Å²) in [6.07, 6.45) is 8.91. The predicted octanol–water partition coefficient (Wildman–Crippen LogP) is 4.68. The fourth-order valence-electron chi connectivity index (χ4n) is 5.14. The fourth-order valence-corrected chi connectivity index (χ4v) is 5.14. The summed E-state index contributed by atoms with van der Waals surface area (Å²) in [5.74, 6) is 2.58. The first-order valence-electron chi connectivity index (χ1n) is 12.5. The van der Waals surface area contributed by atoms with E-state index in [0.717, 1.165) is 64.1 Å². The highest BCUT2D eigenvalue weighted by molar-refractivity contribution is 14.0. The molecule has 1 saturated carbocycles. The lowest BCUT2D eigenvalue weighted by Crippen LogP contribution is -2.46. The molecular weight excluding hydrogens is 527 g/mol. The molecule has 6 nitrogen and oxygen atoms in total. The number of hydrogen-bond acceptors (Lipinski definition) is 4. The lowest BCUT2D eigenvalue weighted by molar-refractivity contribution is 0.105. The van der Waals surface area contributed by atoms with Gasteiger partial charge in [-0.2, -0.15) is 0 Å². The second kappa shape index (κ2) is 15.0. The molecule has 1 aliphatic carbocycles. The van der Waals surface area contributed by atoms with E-state index >= 15 is 0 Å². The zero-order chi connectivity index (χ0) is 22.7. The Labute approximate surface area is 218 Å². The highest BCUT2D eigenvalue weighted by atomic mass is 127. The van der Waals surface area contributed by atoms with Crippen LogP contribution < -0.4 is 15.4 Å². The lowest BCUT2D eigenvalue weighted by Gasteiger charge is -2.33. The predicted molar refractivity (Wildman–Crippen MR) is 148 cm³/mol. The maximum absolute atomic E-state index is 5.65. The van der Waals surface area contributed by atoms with Crippen molar-refractivity contribution in [3.8, 4) is 5.75 Å².